The second-order valence-corrected chi connectivity index (χ2v) is 7.37. The van der Waals surface area contributed by atoms with Crippen molar-refractivity contribution in [2.45, 2.75) is 13.2 Å². The summed E-state index contributed by atoms with van der Waals surface area (Å²) < 4.78 is 18.6. The molecular formula is C26H26N2O4. The maximum absolute atomic E-state index is 12.8. The number of amides is 1. The molecule has 0 unspecified atom stereocenters. The number of fused-ring (bicyclic) bond motifs is 1. The Morgan fingerprint density at radius 2 is 1.78 bits per heavy atom. The minimum Gasteiger partial charge on any atom is -0.493 e. The molecule has 0 fully saturated rings. The Morgan fingerprint density at radius 1 is 0.938 bits per heavy atom. The predicted molar refractivity (Wildman–Crippen MR) is 126 cm³/mol. The Kier molecular flexibility index (Phi) is 6.72. The first kappa shape index (κ1) is 21.5. The van der Waals surface area contributed by atoms with Crippen molar-refractivity contribution < 1.29 is 19.0 Å². The number of methoxy groups -OCH3 is 2. The van der Waals surface area contributed by atoms with Gasteiger partial charge in [0.05, 0.1) is 13.7 Å². The van der Waals surface area contributed by atoms with E-state index in [1.807, 2.05) is 60.8 Å². The minimum atomic E-state index is -0.212. The van der Waals surface area contributed by atoms with Gasteiger partial charge >= 0.3 is 0 Å². The fourth-order valence-electron chi connectivity index (χ4n) is 3.53. The van der Waals surface area contributed by atoms with Crippen molar-refractivity contribution in [3.63, 3.8) is 0 Å². The van der Waals surface area contributed by atoms with Gasteiger partial charge in [-0.2, -0.15) is 0 Å². The summed E-state index contributed by atoms with van der Waals surface area (Å²) in [5, 5.41) is 4.02. The van der Waals surface area contributed by atoms with Gasteiger partial charge in [0.2, 0.25) is 0 Å². The van der Waals surface area contributed by atoms with Crippen LogP contribution in [0.3, 0.4) is 0 Å². The zero-order valence-electron chi connectivity index (χ0n) is 18.2. The molecule has 1 aromatic heterocycles. The molecule has 1 amide bonds. The predicted octanol–water partition coefficient (Wildman–Crippen LogP) is 5.13. The van der Waals surface area contributed by atoms with Gasteiger partial charge in [-0.3, -0.25) is 4.79 Å². The lowest BCUT2D eigenvalue weighted by Gasteiger charge is -2.13. The van der Waals surface area contributed by atoms with E-state index in [0.717, 1.165) is 28.7 Å². The maximum Gasteiger partial charge on any atom is 0.255 e. The van der Waals surface area contributed by atoms with Gasteiger partial charge in [-0.25, -0.2) is 0 Å². The van der Waals surface area contributed by atoms with Crippen LogP contribution in [0.25, 0.3) is 10.9 Å². The molecule has 32 heavy (non-hydrogen) atoms. The molecule has 4 aromatic rings. The number of nitrogens with one attached hydrogen (secondary N) is 1. The highest BCUT2D eigenvalue weighted by molar-refractivity contribution is 6.05. The van der Waals surface area contributed by atoms with E-state index < -0.39 is 0 Å². The van der Waals surface area contributed by atoms with Gasteiger partial charge in [-0.15, -0.1) is 0 Å². The molecule has 3 aromatic carbocycles. The molecule has 164 valence electrons. The molecule has 0 aliphatic rings. The molecule has 6 heteroatoms. The number of ether oxygens (including phenoxy) is 3. The van der Waals surface area contributed by atoms with E-state index in [4.69, 9.17) is 14.2 Å². The van der Waals surface area contributed by atoms with E-state index in [1.54, 1.807) is 32.4 Å². The van der Waals surface area contributed by atoms with Gasteiger partial charge in [-0.1, -0.05) is 30.3 Å². The van der Waals surface area contributed by atoms with Gasteiger partial charge in [0.1, 0.15) is 6.61 Å². The van der Waals surface area contributed by atoms with E-state index in [1.165, 1.54) is 0 Å². The van der Waals surface area contributed by atoms with Crippen LogP contribution in [0.4, 0.5) is 5.69 Å². The topological polar surface area (TPSA) is 61.7 Å². The SMILES string of the molecule is COCCn1ccc2cc(NC(=O)c3ccc(OCc4ccccc4)c(OC)c3)ccc21. The van der Waals surface area contributed by atoms with Crippen LogP contribution < -0.4 is 14.8 Å². The number of anilines is 1. The third-order valence-electron chi connectivity index (χ3n) is 5.23. The Balaban J connectivity index is 1.45. The van der Waals surface area contributed by atoms with E-state index in [-0.39, 0.29) is 5.91 Å². The second-order valence-electron chi connectivity index (χ2n) is 7.37. The Hall–Kier alpha value is -3.77. The van der Waals surface area contributed by atoms with Crippen LogP contribution in [0, 0.1) is 0 Å². The molecule has 0 saturated carbocycles. The highest BCUT2D eigenvalue weighted by atomic mass is 16.5. The molecule has 0 bridgehead atoms. The average molecular weight is 431 g/mol. The molecule has 1 heterocycles. The van der Waals surface area contributed by atoms with Crippen molar-refractivity contribution in [2.75, 3.05) is 26.1 Å². The molecular weight excluding hydrogens is 404 g/mol. The fraction of sp³-hybridized carbons (Fsp3) is 0.192. The van der Waals surface area contributed by atoms with E-state index in [0.29, 0.717) is 30.3 Å². The maximum atomic E-state index is 12.8. The minimum absolute atomic E-state index is 0.212. The Morgan fingerprint density at radius 3 is 2.56 bits per heavy atom. The highest BCUT2D eigenvalue weighted by Gasteiger charge is 2.12. The summed E-state index contributed by atoms with van der Waals surface area (Å²) in [6.07, 6.45) is 2.02. The summed E-state index contributed by atoms with van der Waals surface area (Å²) in [6, 6.07) is 23.0. The molecule has 6 nitrogen and oxygen atoms in total. The first-order valence-electron chi connectivity index (χ1n) is 10.4. The first-order valence-corrected chi connectivity index (χ1v) is 10.4. The number of nitrogens with zero attached hydrogens (tertiary/aromatic N) is 1. The zero-order valence-corrected chi connectivity index (χ0v) is 18.2. The Bertz CT molecular complexity index is 1200. The third kappa shape index (κ3) is 4.92. The van der Waals surface area contributed by atoms with Gasteiger partial charge in [0.15, 0.2) is 11.5 Å². The zero-order chi connectivity index (χ0) is 22.3. The number of hydrogen-bond donors (Lipinski definition) is 1. The average Bonchev–Trinajstić information content (AvgIpc) is 3.24. The summed E-state index contributed by atoms with van der Waals surface area (Å²) >= 11 is 0. The number of hydrogen-bond acceptors (Lipinski definition) is 4. The fourth-order valence-corrected chi connectivity index (χ4v) is 3.53. The van der Waals surface area contributed by atoms with Crippen LogP contribution in [-0.4, -0.2) is 31.3 Å². The highest BCUT2D eigenvalue weighted by Crippen LogP contribution is 2.29. The smallest absolute Gasteiger partial charge is 0.255 e. The van der Waals surface area contributed by atoms with Crippen molar-refractivity contribution in [3.8, 4) is 11.5 Å². The second kappa shape index (κ2) is 10.0. The largest absolute Gasteiger partial charge is 0.493 e. The Labute approximate surface area is 187 Å². The number of benzene rings is 3. The summed E-state index contributed by atoms with van der Waals surface area (Å²) in [7, 11) is 3.25. The van der Waals surface area contributed by atoms with Crippen LogP contribution in [0.2, 0.25) is 0 Å². The monoisotopic (exact) mass is 430 g/mol. The van der Waals surface area contributed by atoms with Crippen LogP contribution in [0.15, 0.2) is 79.0 Å². The van der Waals surface area contributed by atoms with Gasteiger partial charge in [0.25, 0.3) is 5.91 Å². The van der Waals surface area contributed by atoms with Crippen LogP contribution in [-0.2, 0) is 17.9 Å². The van der Waals surface area contributed by atoms with Crippen molar-refractivity contribution in [1.82, 2.24) is 4.57 Å². The van der Waals surface area contributed by atoms with Crippen LogP contribution in [0.5, 0.6) is 11.5 Å². The van der Waals surface area contributed by atoms with Crippen molar-refractivity contribution in [1.29, 1.82) is 0 Å². The summed E-state index contributed by atoms with van der Waals surface area (Å²) in [5.74, 6) is 0.891. The first-order chi connectivity index (χ1) is 15.7. The number of carbonyl (C=O) groups excluding carboxylic acids is 1. The summed E-state index contributed by atoms with van der Waals surface area (Å²) in [4.78, 5) is 12.8. The molecule has 1 N–H and O–H groups in total. The number of aromatic nitrogens is 1. The third-order valence-corrected chi connectivity index (χ3v) is 5.23. The molecule has 0 aliphatic carbocycles. The van der Waals surface area contributed by atoms with E-state index in [9.17, 15) is 4.79 Å². The van der Waals surface area contributed by atoms with Crippen molar-refractivity contribution >= 4 is 22.5 Å². The van der Waals surface area contributed by atoms with Crippen molar-refractivity contribution in [3.05, 3.63) is 90.1 Å². The van der Waals surface area contributed by atoms with Gasteiger partial charge in [0, 0.05) is 42.0 Å². The lowest BCUT2D eigenvalue weighted by molar-refractivity contribution is 0.102. The summed E-state index contributed by atoms with van der Waals surface area (Å²) in [6.45, 7) is 1.85. The molecule has 0 radical (unpaired) electrons. The molecule has 4 rings (SSSR count). The lowest BCUT2D eigenvalue weighted by atomic mass is 10.1. The van der Waals surface area contributed by atoms with Crippen molar-refractivity contribution in [2.24, 2.45) is 0 Å². The van der Waals surface area contributed by atoms with Gasteiger partial charge < -0.3 is 24.1 Å². The molecule has 0 spiro atoms. The lowest BCUT2D eigenvalue weighted by Crippen LogP contribution is -2.12. The molecule has 0 saturated heterocycles. The summed E-state index contributed by atoms with van der Waals surface area (Å²) in [5.41, 5.74) is 3.38. The molecule has 0 aliphatic heterocycles. The van der Waals surface area contributed by atoms with E-state index in [2.05, 4.69) is 9.88 Å². The number of carbonyl (C=O) groups is 1. The van der Waals surface area contributed by atoms with Gasteiger partial charge in [-0.05, 0) is 48.0 Å². The van der Waals surface area contributed by atoms with Crippen LogP contribution in [0.1, 0.15) is 15.9 Å². The normalized spacial score (nSPS) is 10.8. The molecule has 0 atom stereocenters. The van der Waals surface area contributed by atoms with Crippen LogP contribution >= 0.6 is 0 Å². The van der Waals surface area contributed by atoms with E-state index >= 15 is 0 Å². The quantitative estimate of drug-likeness (QED) is 0.400. The number of rotatable bonds is 9. The standard InChI is InChI=1S/C26H26N2O4/c1-30-15-14-28-13-12-20-16-22(9-10-23(20)28)27-26(29)21-8-11-24(25(17-21)31-2)32-18-19-6-4-3-5-7-19/h3-13,16-17H,14-15,18H2,1-2H3,(H,27,29).